The number of halogens is 2. The molecule has 0 aliphatic heterocycles. The number of nitrogens with one attached hydrogen (secondary N) is 1. The van der Waals surface area contributed by atoms with E-state index in [1.165, 1.54) is 18.2 Å². The Bertz CT molecular complexity index is 981. The number of amides is 1. The van der Waals surface area contributed by atoms with Crippen molar-refractivity contribution < 1.29 is 13.2 Å². The molecule has 2 aromatic heterocycles. The Morgan fingerprint density at radius 3 is 2.46 bits per heavy atom. The third kappa shape index (κ3) is 3.46. The van der Waals surface area contributed by atoms with Crippen LogP contribution in [0.3, 0.4) is 0 Å². The summed E-state index contributed by atoms with van der Waals surface area (Å²) in [4.78, 5) is 11.9. The lowest BCUT2D eigenvalue weighted by Gasteiger charge is -2.07. The first-order valence-electron chi connectivity index (χ1n) is 6.49. The van der Waals surface area contributed by atoms with Crippen molar-refractivity contribution in [3.8, 4) is 5.69 Å². The van der Waals surface area contributed by atoms with Crippen LogP contribution in [0.2, 0.25) is 8.67 Å². The van der Waals surface area contributed by atoms with E-state index in [2.05, 4.69) is 5.10 Å². The molecular weight excluding hydrogens is 393 g/mol. The van der Waals surface area contributed by atoms with Gasteiger partial charge in [0.15, 0.2) is 0 Å². The number of rotatable bonds is 4. The topological polar surface area (TPSA) is 81.1 Å². The molecular formula is C14H9Cl2N3O3S2. The third-order valence-electron chi connectivity index (χ3n) is 3.04. The Balaban J connectivity index is 1.81. The molecule has 0 radical (unpaired) electrons. The molecule has 0 aliphatic carbocycles. The summed E-state index contributed by atoms with van der Waals surface area (Å²) >= 11 is 12.5. The minimum atomic E-state index is -4.09. The van der Waals surface area contributed by atoms with Crippen molar-refractivity contribution in [2.24, 2.45) is 0 Å². The number of nitrogens with zero attached hydrogens (tertiary/aromatic N) is 2. The van der Waals surface area contributed by atoms with Gasteiger partial charge in [-0.2, -0.15) is 5.10 Å². The van der Waals surface area contributed by atoms with Crippen LogP contribution in [-0.2, 0) is 10.0 Å². The number of hydrogen-bond acceptors (Lipinski definition) is 5. The second kappa shape index (κ2) is 6.56. The molecule has 10 heteroatoms. The van der Waals surface area contributed by atoms with Crippen molar-refractivity contribution in [1.29, 1.82) is 0 Å². The maximum Gasteiger partial charge on any atom is 0.266 e. The van der Waals surface area contributed by atoms with Crippen LogP contribution in [0.1, 0.15) is 10.4 Å². The van der Waals surface area contributed by atoms with Crippen LogP contribution in [-0.4, -0.2) is 24.1 Å². The minimum absolute atomic E-state index is 0.00525. The average Bonchev–Trinajstić information content (AvgIpc) is 3.17. The predicted molar refractivity (Wildman–Crippen MR) is 92.6 cm³/mol. The van der Waals surface area contributed by atoms with E-state index in [1.54, 1.807) is 35.3 Å². The fourth-order valence-corrected chi connectivity index (χ4v) is 5.06. The zero-order valence-corrected chi connectivity index (χ0v) is 15.0. The van der Waals surface area contributed by atoms with E-state index in [9.17, 15) is 13.2 Å². The predicted octanol–water partition coefficient (Wildman–Crippen LogP) is 3.36. The van der Waals surface area contributed by atoms with Gasteiger partial charge in [0.1, 0.15) is 9.23 Å². The van der Waals surface area contributed by atoms with Crippen LogP contribution in [0.25, 0.3) is 5.69 Å². The van der Waals surface area contributed by atoms with Gasteiger partial charge in [0, 0.05) is 18.0 Å². The van der Waals surface area contributed by atoms with Crippen molar-refractivity contribution in [3.05, 3.63) is 63.0 Å². The summed E-state index contributed by atoms with van der Waals surface area (Å²) < 4.78 is 28.2. The van der Waals surface area contributed by atoms with Crippen LogP contribution in [0.4, 0.5) is 0 Å². The molecule has 0 aliphatic rings. The molecule has 0 saturated carbocycles. The summed E-state index contributed by atoms with van der Waals surface area (Å²) in [5.74, 6) is -0.764. The molecule has 0 bridgehead atoms. The largest absolute Gasteiger partial charge is 0.268 e. The van der Waals surface area contributed by atoms with Crippen LogP contribution in [0, 0.1) is 0 Å². The van der Waals surface area contributed by atoms with Crippen molar-refractivity contribution in [3.63, 3.8) is 0 Å². The summed E-state index contributed by atoms with van der Waals surface area (Å²) in [7, 11) is -4.09. The van der Waals surface area contributed by atoms with E-state index in [0.29, 0.717) is 0 Å². The maximum absolute atomic E-state index is 12.2. The molecule has 0 unspecified atom stereocenters. The van der Waals surface area contributed by atoms with E-state index < -0.39 is 15.9 Å². The standard InChI is InChI=1S/C14H9Cl2N3O3S2/c15-12-8-11(13(16)23-12)24(21,22)18-14(20)9-2-4-10(5-3-9)19-7-1-6-17-19/h1-8H,(H,18,20). The zero-order valence-electron chi connectivity index (χ0n) is 11.8. The third-order valence-corrected chi connectivity index (χ3v) is 6.12. The fraction of sp³-hybridized carbons (Fsp3) is 0. The van der Waals surface area contributed by atoms with Crippen LogP contribution in [0.15, 0.2) is 53.7 Å². The number of carbonyl (C=O) groups is 1. The second-order valence-electron chi connectivity index (χ2n) is 4.62. The van der Waals surface area contributed by atoms with E-state index in [1.807, 2.05) is 4.72 Å². The molecule has 1 N–H and O–H groups in total. The highest BCUT2D eigenvalue weighted by Gasteiger charge is 2.23. The van der Waals surface area contributed by atoms with E-state index in [0.717, 1.165) is 17.0 Å². The smallest absolute Gasteiger partial charge is 0.266 e. The Morgan fingerprint density at radius 1 is 1.21 bits per heavy atom. The monoisotopic (exact) mass is 401 g/mol. The van der Waals surface area contributed by atoms with Crippen molar-refractivity contribution in [2.45, 2.75) is 4.90 Å². The maximum atomic E-state index is 12.2. The number of aromatic nitrogens is 2. The molecule has 0 spiro atoms. The lowest BCUT2D eigenvalue weighted by atomic mass is 10.2. The highest BCUT2D eigenvalue weighted by molar-refractivity contribution is 7.90. The van der Waals surface area contributed by atoms with Gasteiger partial charge in [-0.05, 0) is 36.4 Å². The van der Waals surface area contributed by atoms with E-state index >= 15 is 0 Å². The molecule has 3 aromatic rings. The van der Waals surface area contributed by atoms with Gasteiger partial charge in [-0.3, -0.25) is 4.79 Å². The highest BCUT2D eigenvalue weighted by atomic mass is 35.5. The average molecular weight is 402 g/mol. The van der Waals surface area contributed by atoms with Gasteiger partial charge in [0.05, 0.1) is 10.0 Å². The molecule has 2 heterocycles. The second-order valence-corrected chi connectivity index (χ2v) is 8.56. The number of thiophene rings is 1. The molecule has 6 nitrogen and oxygen atoms in total. The summed E-state index contributed by atoms with van der Waals surface area (Å²) in [6, 6.07) is 9.29. The van der Waals surface area contributed by atoms with Gasteiger partial charge in [-0.1, -0.05) is 23.2 Å². The van der Waals surface area contributed by atoms with Crippen LogP contribution < -0.4 is 4.72 Å². The van der Waals surface area contributed by atoms with Gasteiger partial charge in [-0.25, -0.2) is 17.8 Å². The fourth-order valence-electron chi connectivity index (χ4n) is 1.93. The molecule has 124 valence electrons. The van der Waals surface area contributed by atoms with Gasteiger partial charge < -0.3 is 0 Å². The van der Waals surface area contributed by atoms with Crippen LogP contribution in [0.5, 0.6) is 0 Å². The molecule has 3 rings (SSSR count). The zero-order chi connectivity index (χ0) is 17.3. The normalized spacial score (nSPS) is 11.4. The van der Waals surface area contributed by atoms with Crippen molar-refractivity contribution in [2.75, 3.05) is 0 Å². The Kier molecular flexibility index (Phi) is 4.64. The SMILES string of the molecule is O=C(NS(=O)(=O)c1cc(Cl)sc1Cl)c1ccc(-n2cccn2)cc1. The van der Waals surface area contributed by atoms with Crippen LogP contribution >= 0.6 is 34.5 Å². The van der Waals surface area contributed by atoms with E-state index in [4.69, 9.17) is 23.2 Å². The first kappa shape index (κ1) is 17.0. The molecule has 1 amide bonds. The Labute approximate surface area is 151 Å². The molecule has 24 heavy (non-hydrogen) atoms. The van der Waals surface area contributed by atoms with Gasteiger partial charge in [-0.15, -0.1) is 11.3 Å². The molecule has 1 aromatic carbocycles. The first-order chi connectivity index (χ1) is 11.4. The summed E-state index contributed by atoms with van der Waals surface area (Å²) in [5, 5.41) is 4.07. The lowest BCUT2D eigenvalue weighted by Crippen LogP contribution is -2.30. The van der Waals surface area contributed by atoms with Gasteiger partial charge in [0.2, 0.25) is 0 Å². The number of hydrogen-bond donors (Lipinski definition) is 1. The number of benzene rings is 1. The first-order valence-corrected chi connectivity index (χ1v) is 9.54. The summed E-state index contributed by atoms with van der Waals surface area (Å²) in [6.45, 7) is 0. The molecule has 0 atom stereocenters. The quantitative estimate of drug-likeness (QED) is 0.726. The van der Waals surface area contributed by atoms with E-state index in [-0.39, 0.29) is 19.1 Å². The number of sulfonamides is 1. The van der Waals surface area contributed by atoms with Gasteiger partial charge in [0.25, 0.3) is 15.9 Å². The minimum Gasteiger partial charge on any atom is -0.268 e. The van der Waals surface area contributed by atoms with Crippen molar-refractivity contribution >= 4 is 50.5 Å². The lowest BCUT2D eigenvalue weighted by molar-refractivity contribution is 0.0981. The summed E-state index contributed by atoms with van der Waals surface area (Å²) in [6.07, 6.45) is 3.38. The Hall–Kier alpha value is -1.87. The Morgan fingerprint density at radius 2 is 1.92 bits per heavy atom. The summed E-state index contributed by atoms with van der Waals surface area (Å²) in [5.41, 5.74) is 0.930. The number of carbonyl (C=O) groups excluding carboxylic acids is 1. The van der Waals surface area contributed by atoms with Crippen molar-refractivity contribution in [1.82, 2.24) is 14.5 Å². The highest BCUT2D eigenvalue weighted by Crippen LogP contribution is 2.34. The van der Waals surface area contributed by atoms with Gasteiger partial charge >= 0.3 is 0 Å². The molecule has 0 saturated heterocycles. The molecule has 0 fully saturated rings.